The molecular formula is C15H14BNO2. The van der Waals surface area contributed by atoms with Crippen LogP contribution in [0.15, 0.2) is 60.8 Å². The van der Waals surface area contributed by atoms with Gasteiger partial charge in [0.15, 0.2) is 0 Å². The molecule has 2 aromatic carbocycles. The molecule has 1 aromatic heterocycles. The maximum Gasteiger partial charge on any atom is 0.490 e. The zero-order chi connectivity index (χ0) is 13.2. The van der Waals surface area contributed by atoms with Crippen molar-refractivity contribution in [1.29, 1.82) is 0 Å². The van der Waals surface area contributed by atoms with Gasteiger partial charge in [0, 0.05) is 23.7 Å². The highest BCUT2D eigenvalue weighted by molar-refractivity contribution is 6.61. The highest BCUT2D eigenvalue weighted by Crippen LogP contribution is 2.15. The van der Waals surface area contributed by atoms with E-state index in [0.29, 0.717) is 12.0 Å². The zero-order valence-electron chi connectivity index (χ0n) is 10.4. The van der Waals surface area contributed by atoms with Crippen molar-refractivity contribution < 1.29 is 10.0 Å². The maximum absolute atomic E-state index is 9.47. The molecule has 0 aliphatic carbocycles. The van der Waals surface area contributed by atoms with Gasteiger partial charge in [0.05, 0.1) is 0 Å². The van der Waals surface area contributed by atoms with Gasteiger partial charge in [-0.2, -0.15) is 0 Å². The smallest absolute Gasteiger partial charge is 0.423 e. The second kappa shape index (κ2) is 4.92. The normalized spacial score (nSPS) is 10.8. The summed E-state index contributed by atoms with van der Waals surface area (Å²) in [4.78, 5) is 0. The first kappa shape index (κ1) is 12.0. The molecule has 3 aromatic rings. The van der Waals surface area contributed by atoms with E-state index < -0.39 is 7.12 Å². The van der Waals surface area contributed by atoms with Crippen LogP contribution in [0.1, 0.15) is 5.56 Å². The molecule has 1 heterocycles. The summed E-state index contributed by atoms with van der Waals surface area (Å²) in [6, 6.07) is 17.7. The zero-order valence-corrected chi connectivity index (χ0v) is 10.4. The van der Waals surface area contributed by atoms with Gasteiger partial charge >= 0.3 is 7.12 Å². The van der Waals surface area contributed by atoms with Gasteiger partial charge in [0.2, 0.25) is 0 Å². The van der Waals surface area contributed by atoms with E-state index >= 15 is 0 Å². The Kier molecular flexibility index (Phi) is 3.11. The van der Waals surface area contributed by atoms with Gasteiger partial charge in [-0.15, -0.1) is 0 Å². The third-order valence-corrected chi connectivity index (χ3v) is 3.29. The van der Waals surface area contributed by atoms with Gasteiger partial charge in [-0.05, 0) is 17.0 Å². The SMILES string of the molecule is OB(O)c1cccc2ccn(Cc3ccccc3)c12. The molecule has 0 unspecified atom stereocenters. The molecular weight excluding hydrogens is 237 g/mol. The molecule has 0 fully saturated rings. The lowest BCUT2D eigenvalue weighted by Gasteiger charge is -2.09. The molecule has 0 aliphatic heterocycles. The first-order chi connectivity index (χ1) is 9.25. The van der Waals surface area contributed by atoms with Crippen LogP contribution in [0, 0.1) is 0 Å². The number of para-hydroxylation sites is 1. The predicted octanol–water partition coefficient (Wildman–Crippen LogP) is 1.37. The second-order valence-corrected chi connectivity index (χ2v) is 4.59. The minimum absolute atomic E-state index is 0.540. The number of nitrogens with zero attached hydrogens (tertiary/aromatic N) is 1. The molecule has 0 radical (unpaired) electrons. The van der Waals surface area contributed by atoms with Gasteiger partial charge in [0.25, 0.3) is 0 Å². The third-order valence-electron chi connectivity index (χ3n) is 3.29. The summed E-state index contributed by atoms with van der Waals surface area (Å²) in [6.45, 7) is 0.716. The van der Waals surface area contributed by atoms with Crippen molar-refractivity contribution in [3.63, 3.8) is 0 Å². The van der Waals surface area contributed by atoms with Gasteiger partial charge < -0.3 is 14.6 Å². The van der Waals surface area contributed by atoms with E-state index in [2.05, 4.69) is 12.1 Å². The fraction of sp³-hybridized carbons (Fsp3) is 0.0667. The Bertz CT molecular complexity index is 692. The number of hydrogen-bond donors (Lipinski definition) is 2. The van der Waals surface area contributed by atoms with E-state index in [0.717, 1.165) is 10.9 Å². The van der Waals surface area contributed by atoms with Crippen LogP contribution in [0.2, 0.25) is 0 Å². The summed E-state index contributed by atoms with van der Waals surface area (Å²) in [5, 5.41) is 20.0. The van der Waals surface area contributed by atoms with Crippen molar-refractivity contribution in [2.24, 2.45) is 0 Å². The second-order valence-electron chi connectivity index (χ2n) is 4.59. The van der Waals surface area contributed by atoms with Crippen molar-refractivity contribution in [2.45, 2.75) is 6.54 Å². The summed E-state index contributed by atoms with van der Waals surface area (Å²) in [5.41, 5.74) is 2.60. The summed E-state index contributed by atoms with van der Waals surface area (Å²) in [5.74, 6) is 0. The van der Waals surface area contributed by atoms with Gasteiger partial charge in [-0.1, -0.05) is 48.5 Å². The molecule has 4 heteroatoms. The molecule has 0 saturated carbocycles. The fourth-order valence-electron chi connectivity index (χ4n) is 2.41. The fourth-order valence-corrected chi connectivity index (χ4v) is 2.41. The number of rotatable bonds is 3. The Morgan fingerprint density at radius 2 is 1.68 bits per heavy atom. The molecule has 94 valence electrons. The minimum Gasteiger partial charge on any atom is -0.423 e. The average Bonchev–Trinajstić information content (AvgIpc) is 2.83. The van der Waals surface area contributed by atoms with E-state index in [9.17, 15) is 10.0 Å². The predicted molar refractivity (Wildman–Crippen MR) is 77.3 cm³/mol. The Labute approximate surface area is 111 Å². The topological polar surface area (TPSA) is 45.4 Å². The lowest BCUT2D eigenvalue weighted by molar-refractivity contribution is 0.426. The Morgan fingerprint density at radius 1 is 0.895 bits per heavy atom. The largest absolute Gasteiger partial charge is 0.490 e. The molecule has 2 N–H and O–H groups in total. The summed E-state index contributed by atoms with van der Waals surface area (Å²) >= 11 is 0. The molecule has 0 saturated heterocycles. The van der Waals surface area contributed by atoms with Crippen LogP contribution >= 0.6 is 0 Å². The molecule has 0 aliphatic rings. The first-order valence-electron chi connectivity index (χ1n) is 6.23. The summed E-state index contributed by atoms with van der Waals surface area (Å²) < 4.78 is 2.04. The maximum atomic E-state index is 9.47. The Hall–Kier alpha value is -2.04. The molecule has 0 bridgehead atoms. The van der Waals surface area contributed by atoms with Crippen LogP contribution in [-0.2, 0) is 6.54 Å². The van der Waals surface area contributed by atoms with Crippen molar-refractivity contribution in [3.05, 3.63) is 66.4 Å². The van der Waals surface area contributed by atoms with Crippen LogP contribution < -0.4 is 5.46 Å². The van der Waals surface area contributed by atoms with Crippen molar-refractivity contribution in [2.75, 3.05) is 0 Å². The number of aromatic nitrogens is 1. The van der Waals surface area contributed by atoms with Crippen LogP contribution in [0.5, 0.6) is 0 Å². The van der Waals surface area contributed by atoms with Gasteiger partial charge in [-0.25, -0.2) is 0 Å². The molecule has 0 atom stereocenters. The molecule has 3 rings (SSSR count). The molecule has 3 nitrogen and oxygen atoms in total. The van der Waals surface area contributed by atoms with Crippen LogP contribution in [0.4, 0.5) is 0 Å². The van der Waals surface area contributed by atoms with E-state index in [1.54, 1.807) is 6.07 Å². The standard InChI is InChI=1S/C15H14BNO2/c18-16(19)14-8-4-7-13-9-10-17(15(13)14)11-12-5-2-1-3-6-12/h1-10,18-19H,11H2. The monoisotopic (exact) mass is 251 g/mol. The van der Waals surface area contributed by atoms with E-state index in [4.69, 9.17) is 0 Å². The number of benzene rings is 2. The van der Waals surface area contributed by atoms with Gasteiger partial charge in [0.1, 0.15) is 0 Å². The molecule has 0 amide bonds. The van der Waals surface area contributed by atoms with Gasteiger partial charge in [-0.3, -0.25) is 0 Å². The number of fused-ring (bicyclic) bond motifs is 1. The van der Waals surface area contributed by atoms with Crippen molar-refractivity contribution in [1.82, 2.24) is 4.57 Å². The first-order valence-corrected chi connectivity index (χ1v) is 6.23. The third kappa shape index (κ3) is 2.28. The summed E-state index contributed by atoms with van der Waals surface area (Å²) in [6.07, 6.45) is 1.98. The average molecular weight is 251 g/mol. The molecule has 0 spiro atoms. The molecule has 19 heavy (non-hydrogen) atoms. The Morgan fingerprint density at radius 3 is 2.42 bits per heavy atom. The van der Waals surface area contributed by atoms with E-state index in [1.165, 1.54) is 5.56 Å². The highest BCUT2D eigenvalue weighted by Gasteiger charge is 2.17. The summed E-state index contributed by atoms with van der Waals surface area (Å²) in [7, 11) is -1.45. The highest BCUT2D eigenvalue weighted by atomic mass is 16.4. The Balaban J connectivity index is 2.09. The van der Waals surface area contributed by atoms with E-state index in [1.807, 2.05) is 47.2 Å². The van der Waals surface area contributed by atoms with Crippen LogP contribution in [0.25, 0.3) is 10.9 Å². The quantitative estimate of drug-likeness (QED) is 0.690. The lowest BCUT2D eigenvalue weighted by atomic mass is 9.79. The minimum atomic E-state index is -1.45. The van der Waals surface area contributed by atoms with E-state index in [-0.39, 0.29) is 0 Å². The lowest BCUT2D eigenvalue weighted by Crippen LogP contribution is -2.31. The van der Waals surface area contributed by atoms with Crippen LogP contribution in [0.3, 0.4) is 0 Å². The van der Waals surface area contributed by atoms with Crippen molar-refractivity contribution >= 4 is 23.5 Å². The van der Waals surface area contributed by atoms with Crippen molar-refractivity contribution in [3.8, 4) is 0 Å². The number of hydrogen-bond acceptors (Lipinski definition) is 2. The van der Waals surface area contributed by atoms with Crippen LogP contribution in [-0.4, -0.2) is 21.7 Å².